The Bertz CT molecular complexity index is 426. The number of halogens is 1. The van der Waals surface area contributed by atoms with E-state index in [1.807, 2.05) is 32.0 Å². The van der Waals surface area contributed by atoms with Crippen LogP contribution >= 0.6 is 10.7 Å². The molecule has 0 aliphatic carbocycles. The highest BCUT2D eigenvalue weighted by Crippen LogP contribution is 2.13. The largest absolute Gasteiger partial charge is 0.232 e. The molecule has 0 saturated carbocycles. The number of rotatable bonds is 4. The van der Waals surface area contributed by atoms with Gasteiger partial charge in [-0.15, -0.1) is 0 Å². The Hall–Kier alpha value is -0.540. The first-order chi connectivity index (χ1) is 6.87. The Morgan fingerprint density at radius 2 is 2.07 bits per heavy atom. The molecule has 0 N–H and O–H groups in total. The van der Waals surface area contributed by atoms with E-state index in [1.165, 1.54) is 5.56 Å². The molecular weight excluding hydrogens is 232 g/mol. The highest BCUT2D eigenvalue weighted by atomic mass is 35.7. The predicted octanol–water partition coefficient (Wildman–Crippen LogP) is 2.74. The number of benzene rings is 1. The van der Waals surface area contributed by atoms with Gasteiger partial charge in [-0.3, -0.25) is 0 Å². The van der Waals surface area contributed by atoms with Crippen molar-refractivity contribution in [2.45, 2.75) is 20.3 Å². The third-order valence-electron chi connectivity index (χ3n) is 2.15. The number of hydrogen-bond acceptors (Lipinski definition) is 2. The second-order valence-corrected chi connectivity index (χ2v) is 6.83. The fraction of sp³-hybridized carbons (Fsp3) is 0.455. The Morgan fingerprint density at radius 3 is 2.60 bits per heavy atom. The van der Waals surface area contributed by atoms with E-state index >= 15 is 0 Å². The van der Waals surface area contributed by atoms with Gasteiger partial charge in [-0.1, -0.05) is 36.8 Å². The van der Waals surface area contributed by atoms with Crippen molar-refractivity contribution in [2.24, 2.45) is 5.92 Å². The van der Waals surface area contributed by atoms with Gasteiger partial charge in [0.25, 0.3) is 0 Å². The average molecular weight is 247 g/mol. The molecule has 0 saturated heterocycles. The molecule has 0 heterocycles. The minimum atomic E-state index is -3.38. The van der Waals surface area contributed by atoms with Crippen molar-refractivity contribution in [1.29, 1.82) is 0 Å². The Balaban J connectivity index is 2.63. The van der Waals surface area contributed by atoms with E-state index in [2.05, 4.69) is 6.07 Å². The number of aryl methyl sites for hydroxylation is 1. The summed E-state index contributed by atoms with van der Waals surface area (Å²) in [5.74, 6) is 0.0805. The van der Waals surface area contributed by atoms with Gasteiger partial charge in [0.1, 0.15) is 0 Å². The minimum absolute atomic E-state index is 0.0303. The highest BCUT2D eigenvalue weighted by molar-refractivity contribution is 8.13. The quantitative estimate of drug-likeness (QED) is 0.766. The molecule has 84 valence electrons. The van der Waals surface area contributed by atoms with Gasteiger partial charge >= 0.3 is 0 Å². The fourth-order valence-electron chi connectivity index (χ4n) is 1.64. The maximum absolute atomic E-state index is 10.9. The topological polar surface area (TPSA) is 34.1 Å². The summed E-state index contributed by atoms with van der Waals surface area (Å²) in [4.78, 5) is 0. The Morgan fingerprint density at radius 1 is 1.40 bits per heavy atom. The molecule has 2 nitrogen and oxygen atoms in total. The standard InChI is InChI=1S/C11H15ClO2S/c1-9-4-3-5-11(6-9)7-10(2)8-15(12,13)14/h3-6,10H,7-8H2,1-2H3. The molecular formula is C11H15ClO2S. The molecule has 4 heteroatoms. The second-order valence-electron chi connectivity index (χ2n) is 4.00. The lowest BCUT2D eigenvalue weighted by molar-refractivity contribution is 0.582. The zero-order valence-electron chi connectivity index (χ0n) is 8.90. The van der Waals surface area contributed by atoms with E-state index in [9.17, 15) is 8.42 Å². The van der Waals surface area contributed by atoms with Crippen molar-refractivity contribution in [3.63, 3.8) is 0 Å². The van der Waals surface area contributed by atoms with Crippen LogP contribution in [0.3, 0.4) is 0 Å². The first-order valence-corrected chi connectivity index (χ1v) is 7.32. The Labute approximate surface area is 95.7 Å². The molecule has 1 aromatic carbocycles. The molecule has 0 fully saturated rings. The van der Waals surface area contributed by atoms with Crippen molar-refractivity contribution in [3.8, 4) is 0 Å². The summed E-state index contributed by atoms with van der Waals surface area (Å²) in [7, 11) is 1.82. The van der Waals surface area contributed by atoms with Crippen LogP contribution in [0.1, 0.15) is 18.1 Å². The summed E-state index contributed by atoms with van der Waals surface area (Å²) in [6.45, 7) is 3.91. The van der Waals surface area contributed by atoms with E-state index in [1.54, 1.807) is 0 Å². The SMILES string of the molecule is Cc1cccc(CC(C)CS(=O)(=O)Cl)c1. The lowest BCUT2D eigenvalue weighted by Crippen LogP contribution is -2.11. The van der Waals surface area contributed by atoms with Crippen LogP contribution in [0.5, 0.6) is 0 Å². The van der Waals surface area contributed by atoms with Crippen LogP contribution in [0.4, 0.5) is 0 Å². The smallest absolute Gasteiger partial charge is 0.212 e. The van der Waals surface area contributed by atoms with Gasteiger partial charge in [0.2, 0.25) is 9.05 Å². The van der Waals surface area contributed by atoms with Gasteiger partial charge in [0.05, 0.1) is 5.75 Å². The van der Waals surface area contributed by atoms with Crippen LogP contribution in [0.25, 0.3) is 0 Å². The molecule has 0 aliphatic rings. The minimum Gasteiger partial charge on any atom is -0.212 e. The molecule has 0 bridgehead atoms. The Kier molecular flexibility index (Phi) is 4.17. The molecule has 0 amide bonds. The first kappa shape index (κ1) is 12.5. The predicted molar refractivity (Wildman–Crippen MR) is 63.7 cm³/mol. The molecule has 0 aliphatic heterocycles. The van der Waals surface area contributed by atoms with Gasteiger partial charge in [-0.05, 0) is 24.8 Å². The van der Waals surface area contributed by atoms with Crippen LogP contribution < -0.4 is 0 Å². The van der Waals surface area contributed by atoms with Gasteiger partial charge < -0.3 is 0 Å². The lowest BCUT2D eigenvalue weighted by atomic mass is 10.0. The molecule has 0 spiro atoms. The molecule has 15 heavy (non-hydrogen) atoms. The zero-order valence-corrected chi connectivity index (χ0v) is 10.5. The fourth-order valence-corrected chi connectivity index (χ4v) is 3.08. The van der Waals surface area contributed by atoms with E-state index in [-0.39, 0.29) is 11.7 Å². The van der Waals surface area contributed by atoms with Crippen molar-refractivity contribution >= 4 is 19.7 Å². The van der Waals surface area contributed by atoms with Crippen LogP contribution in [0.15, 0.2) is 24.3 Å². The van der Waals surface area contributed by atoms with Crippen molar-refractivity contribution in [1.82, 2.24) is 0 Å². The molecule has 1 rings (SSSR count). The highest BCUT2D eigenvalue weighted by Gasteiger charge is 2.12. The van der Waals surface area contributed by atoms with Crippen LogP contribution in [-0.2, 0) is 15.5 Å². The second kappa shape index (κ2) is 4.99. The maximum Gasteiger partial charge on any atom is 0.232 e. The molecule has 1 aromatic rings. The van der Waals surface area contributed by atoms with E-state index in [4.69, 9.17) is 10.7 Å². The van der Waals surface area contributed by atoms with Crippen molar-refractivity contribution in [2.75, 3.05) is 5.75 Å². The molecule has 0 aromatic heterocycles. The van der Waals surface area contributed by atoms with E-state index in [0.29, 0.717) is 0 Å². The van der Waals surface area contributed by atoms with Crippen LogP contribution in [0, 0.1) is 12.8 Å². The van der Waals surface area contributed by atoms with Gasteiger partial charge in [-0.2, -0.15) is 0 Å². The average Bonchev–Trinajstić information content (AvgIpc) is 1.99. The molecule has 1 atom stereocenters. The first-order valence-electron chi connectivity index (χ1n) is 4.85. The van der Waals surface area contributed by atoms with Gasteiger partial charge in [0, 0.05) is 10.7 Å². The lowest BCUT2D eigenvalue weighted by Gasteiger charge is -2.09. The third kappa shape index (κ3) is 5.19. The van der Waals surface area contributed by atoms with Crippen LogP contribution in [-0.4, -0.2) is 14.2 Å². The van der Waals surface area contributed by atoms with E-state index in [0.717, 1.165) is 12.0 Å². The normalized spacial score (nSPS) is 13.8. The molecule has 0 radical (unpaired) electrons. The van der Waals surface area contributed by atoms with Crippen LogP contribution in [0.2, 0.25) is 0 Å². The number of hydrogen-bond donors (Lipinski definition) is 0. The van der Waals surface area contributed by atoms with Gasteiger partial charge in [-0.25, -0.2) is 8.42 Å². The zero-order chi connectivity index (χ0) is 11.5. The van der Waals surface area contributed by atoms with E-state index < -0.39 is 9.05 Å². The summed E-state index contributed by atoms with van der Waals surface area (Å²) in [5.41, 5.74) is 2.34. The summed E-state index contributed by atoms with van der Waals surface area (Å²) in [6.07, 6.45) is 0.744. The summed E-state index contributed by atoms with van der Waals surface area (Å²) in [5, 5.41) is 0. The summed E-state index contributed by atoms with van der Waals surface area (Å²) < 4.78 is 21.7. The maximum atomic E-state index is 10.9. The summed E-state index contributed by atoms with van der Waals surface area (Å²) >= 11 is 0. The molecule has 1 unspecified atom stereocenters. The third-order valence-corrected chi connectivity index (χ3v) is 3.50. The summed E-state index contributed by atoms with van der Waals surface area (Å²) in [6, 6.07) is 8.07. The van der Waals surface area contributed by atoms with Crippen molar-refractivity contribution in [3.05, 3.63) is 35.4 Å². The van der Waals surface area contributed by atoms with Gasteiger partial charge in [0.15, 0.2) is 0 Å². The monoisotopic (exact) mass is 246 g/mol. The van der Waals surface area contributed by atoms with Crippen molar-refractivity contribution < 1.29 is 8.42 Å².